The van der Waals surface area contributed by atoms with Gasteiger partial charge in [0, 0.05) is 20.1 Å². The Morgan fingerprint density at radius 3 is 2.50 bits per heavy atom. The van der Waals surface area contributed by atoms with Crippen molar-refractivity contribution >= 4 is 31.5 Å². The van der Waals surface area contributed by atoms with E-state index in [9.17, 15) is 4.79 Å². The summed E-state index contributed by atoms with van der Waals surface area (Å²) in [4.78, 5) is 16.5. The summed E-state index contributed by atoms with van der Waals surface area (Å²) >= 11 is 1.66. The van der Waals surface area contributed by atoms with Gasteiger partial charge in [0.05, 0.1) is 28.8 Å². The number of nitrogens with zero attached hydrogens (tertiary/aromatic N) is 1. The zero-order chi connectivity index (χ0) is 27.4. The highest BCUT2D eigenvalue weighted by molar-refractivity contribution is 7.09. The van der Waals surface area contributed by atoms with Gasteiger partial charge >= 0.3 is 5.97 Å². The average Bonchev–Trinajstić information content (AvgIpc) is 3.16. The molecule has 0 aliphatic rings. The predicted octanol–water partition coefficient (Wildman–Crippen LogP) is 8.28. The third-order valence-corrected chi connectivity index (χ3v) is 8.42. The first kappa shape index (κ1) is 32.7. The Hall–Kier alpha value is -1.28. The van der Waals surface area contributed by atoms with Crippen LogP contribution in [0.3, 0.4) is 0 Å². The van der Waals surface area contributed by atoms with Gasteiger partial charge in [0.15, 0.2) is 0 Å². The van der Waals surface area contributed by atoms with Crippen LogP contribution < -0.4 is 0 Å². The summed E-state index contributed by atoms with van der Waals surface area (Å²) in [5.74, 6) is 0.234. The molecular formula is C29H51NO4SSi. The van der Waals surface area contributed by atoms with Gasteiger partial charge in [-0.2, -0.15) is 0 Å². The van der Waals surface area contributed by atoms with Crippen molar-refractivity contribution in [3.63, 3.8) is 0 Å². The van der Waals surface area contributed by atoms with Crippen molar-refractivity contribution in [1.82, 2.24) is 4.98 Å². The van der Waals surface area contributed by atoms with Crippen molar-refractivity contribution in [2.24, 2.45) is 11.3 Å². The summed E-state index contributed by atoms with van der Waals surface area (Å²) in [5.41, 5.74) is 3.07. The van der Waals surface area contributed by atoms with Gasteiger partial charge in [-0.15, -0.1) is 11.3 Å². The van der Waals surface area contributed by atoms with Crippen LogP contribution in [0.25, 0.3) is 6.08 Å². The minimum absolute atomic E-state index is 0.0374. The Kier molecular flexibility index (Phi) is 14.4. The average molecular weight is 538 g/mol. The molecule has 36 heavy (non-hydrogen) atoms. The van der Waals surface area contributed by atoms with Crippen LogP contribution in [0.5, 0.6) is 0 Å². The SMILES string of the molecule is C/C(=C/C[C@H](OCOCC[Si](C)(C)C)/C(C)=C/c1csc(C)n1)CCC[C@H](C)COC(=O)C(C)(C)C. The zero-order valence-corrected chi connectivity index (χ0v) is 26.3. The lowest BCUT2D eigenvalue weighted by Crippen LogP contribution is -2.25. The largest absolute Gasteiger partial charge is 0.465 e. The topological polar surface area (TPSA) is 57.6 Å². The molecule has 5 nitrogen and oxygen atoms in total. The van der Waals surface area contributed by atoms with E-state index >= 15 is 0 Å². The smallest absolute Gasteiger partial charge is 0.311 e. The first-order chi connectivity index (χ1) is 16.7. The van der Waals surface area contributed by atoms with E-state index in [0.29, 0.717) is 19.3 Å². The van der Waals surface area contributed by atoms with Crippen LogP contribution in [0.2, 0.25) is 25.7 Å². The van der Waals surface area contributed by atoms with Gasteiger partial charge in [-0.3, -0.25) is 4.79 Å². The van der Waals surface area contributed by atoms with E-state index in [1.54, 1.807) is 11.3 Å². The van der Waals surface area contributed by atoms with E-state index < -0.39 is 13.5 Å². The molecule has 0 saturated carbocycles. The Balaban J connectivity index is 2.59. The Bertz CT molecular complexity index is 848. The fourth-order valence-electron chi connectivity index (χ4n) is 3.38. The van der Waals surface area contributed by atoms with Crippen LogP contribution in [0.15, 0.2) is 22.6 Å². The number of rotatable bonds is 16. The van der Waals surface area contributed by atoms with E-state index in [1.165, 1.54) is 5.57 Å². The van der Waals surface area contributed by atoms with Gasteiger partial charge in [-0.1, -0.05) is 38.2 Å². The first-order valence-electron chi connectivity index (χ1n) is 13.3. The molecule has 1 heterocycles. The van der Waals surface area contributed by atoms with Crippen molar-refractivity contribution in [2.75, 3.05) is 20.0 Å². The van der Waals surface area contributed by atoms with Crippen LogP contribution in [0.4, 0.5) is 0 Å². The molecule has 0 saturated heterocycles. The minimum atomic E-state index is -1.11. The van der Waals surface area contributed by atoms with Gasteiger partial charge in [0.1, 0.15) is 6.79 Å². The highest BCUT2D eigenvalue weighted by atomic mass is 32.1. The number of hydrogen-bond acceptors (Lipinski definition) is 6. The molecule has 1 aromatic rings. The highest BCUT2D eigenvalue weighted by Gasteiger charge is 2.23. The number of aryl methyl sites for hydroxylation is 1. The summed E-state index contributed by atoms with van der Waals surface area (Å²) in [6.07, 6.45) is 8.34. The molecule has 0 unspecified atom stereocenters. The maximum absolute atomic E-state index is 12.0. The second kappa shape index (κ2) is 15.9. The van der Waals surface area contributed by atoms with Crippen LogP contribution in [-0.4, -0.2) is 45.1 Å². The number of aromatic nitrogens is 1. The fourth-order valence-corrected chi connectivity index (χ4v) is 4.71. The lowest BCUT2D eigenvalue weighted by molar-refractivity contribution is -0.154. The molecule has 0 aliphatic heterocycles. The number of allylic oxidation sites excluding steroid dienone is 1. The first-order valence-corrected chi connectivity index (χ1v) is 17.9. The number of hydrogen-bond donors (Lipinski definition) is 0. The van der Waals surface area contributed by atoms with Gasteiger partial charge in [0.25, 0.3) is 0 Å². The van der Waals surface area contributed by atoms with E-state index in [4.69, 9.17) is 14.2 Å². The molecule has 2 atom stereocenters. The van der Waals surface area contributed by atoms with Gasteiger partial charge in [0.2, 0.25) is 0 Å². The number of ether oxygens (including phenoxy) is 3. The van der Waals surface area contributed by atoms with Gasteiger partial charge in [-0.25, -0.2) is 4.98 Å². The second-order valence-electron chi connectivity index (χ2n) is 12.3. The van der Waals surface area contributed by atoms with Crippen molar-refractivity contribution < 1.29 is 19.0 Å². The van der Waals surface area contributed by atoms with E-state index in [-0.39, 0.29) is 12.1 Å². The summed E-state index contributed by atoms with van der Waals surface area (Å²) in [7, 11) is -1.11. The summed E-state index contributed by atoms with van der Waals surface area (Å²) < 4.78 is 17.5. The second-order valence-corrected chi connectivity index (χ2v) is 19.0. The Labute approximate surface area is 225 Å². The molecule has 0 fully saturated rings. The number of esters is 1. The molecule has 0 radical (unpaired) electrons. The standard InChI is InChI=1S/C29H51NO4SSi/c1-22(12-11-13-23(2)19-33-28(31)29(5,6)7)14-15-27(34-21-32-16-17-36(8,9)10)24(3)18-26-20-35-25(4)30-26/h14,18,20,23,27H,11-13,15-17,19,21H2,1-10H3/b22-14-,24-18+/t23-,27-/m0/s1. The van der Waals surface area contributed by atoms with Crippen LogP contribution >= 0.6 is 11.3 Å². The van der Waals surface area contributed by atoms with E-state index in [0.717, 1.165) is 54.6 Å². The summed E-state index contributed by atoms with van der Waals surface area (Å²) in [6, 6.07) is 1.14. The fraction of sp³-hybridized carbons (Fsp3) is 0.724. The third kappa shape index (κ3) is 15.1. The minimum Gasteiger partial charge on any atom is -0.465 e. The molecule has 0 bridgehead atoms. The number of carbonyl (C=O) groups is 1. The van der Waals surface area contributed by atoms with Crippen molar-refractivity contribution in [3.05, 3.63) is 33.3 Å². The van der Waals surface area contributed by atoms with Crippen molar-refractivity contribution in [3.8, 4) is 0 Å². The van der Waals surface area contributed by atoms with E-state index in [2.05, 4.69) is 62.9 Å². The van der Waals surface area contributed by atoms with Crippen molar-refractivity contribution in [1.29, 1.82) is 0 Å². The van der Waals surface area contributed by atoms with Gasteiger partial charge < -0.3 is 14.2 Å². The Morgan fingerprint density at radius 1 is 1.22 bits per heavy atom. The number of carbonyl (C=O) groups excluding carboxylic acids is 1. The van der Waals surface area contributed by atoms with Crippen molar-refractivity contribution in [2.45, 2.75) is 106 Å². The highest BCUT2D eigenvalue weighted by Crippen LogP contribution is 2.21. The monoisotopic (exact) mass is 537 g/mol. The molecule has 206 valence electrons. The maximum atomic E-state index is 12.0. The van der Waals surface area contributed by atoms with Gasteiger partial charge in [-0.05, 0) is 90.8 Å². The quantitative estimate of drug-likeness (QED) is 0.0698. The zero-order valence-electron chi connectivity index (χ0n) is 24.5. The molecular weight excluding hydrogens is 486 g/mol. The maximum Gasteiger partial charge on any atom is 0.311 e. The Morgan fingerprint density at radius 2 is 1.92 bits per heavy atom. The molecule has 1 aromatic heterocycles. The van der Waals surface area contributed by atoms with Crippen LogP contribution in [-0.2, 0) is 19.0 Å². The van der Waals surface area contributed by atoms with E-state index in [1.807, 2.05) is 27.7 Å². The molecule has 0 amide bonds. The summed E-state index contributed by atoms with van der Waals surface area (Å²) in [5, 5.41) is 3.15. The molecule has 0 N–H and O–H groups in total. The third-order valence-electron chi connectivity index (χ3n) is 5.93. The lowest BCUT2D eigenvalue weighted by atomic mass is 9.97. The van der Waals surface area contributed by atoms with Crippen LogP contribution in [0, 0.1) is 18.3 Å². The molecule has 1 rings (SSSR count). The molecule has 7 heteroatoms. The molecule has 0 spiro atoms. The predicted molar refractivity (Wildman–Crippen MR) is 156 cm³/mol. The lowest BCUT2D eigenvalue weighted by Gasteiger charge is -2.20. The molecule has 0 aliphatic carbocycles. The summed E-state index contributed by atoms with van der Waals surface area (Å²) in [6.45, 7) is 22.8. The van der Waals surface area contributed by atoms with Crippen LogP contribution in [0.1, 0.15) is 77.9 Å². The normalized spacial score (nSPS) is 15.2. The number of thiazole rings is 1. The molecule has 0 aromatic carbocycles.